The van der Waals surface area contributed by atoms with E-state index in [0.29, 0.717) is 19.4 Å². The highest BCUT2D eigenvalue weighted by Crippen LogP contribution is 2.21. The van der Waals surface area contributed by atoms with Gasteiger partial charge in [0.25, 0.3) is 0 Å². The summed E-state index contributed by atoms with van der Waals surface area (Å²) >= 11 is 0. The Balaban J connectivity index is 3.34. The Labute approximate surface area is 583 Å². The van der Waals surface area contributed by atoms with Crippen molar-refractivity contribution in [1.29, 1.82) is 0 Å². The number of hydrogen-bond acceptors (Lipinski definition) is 5. The Morgan fingerprint density at radius 3 is 0.763 bits per heavy atom. The van der Waals surface area contributed by atoms with Crippen LogP contribution in [0.5, 0.6) is 0 Å². The fourth-order valence-electron chi connectivity index (χ4n) is 13.9. The average Bonchev–Trinajstić information content (AvgIpc) is 3.78. The van der Waals surface area contributed by atoms with Crippen molar-refractivity contribution in [2.75, 3.05) is 13.2 Å². The van der Waals surface area contributed by atoms with Gasteiger partial charge in [0.05, 0.1) is 25.4 Å². The van der Waals surface area contributed by atoms with Crippen LogP contribution in [-0.2, 0) is 14.3 Å². The van der Waals surface area contributed by atoms with Gasteiger partial charge in [0, 0.05) is 12.8 Å². The molecule has 0 spiro atoms. The monoisotopic (exact) mass is 1310 g/mol. The quantitative estimate of drug-likeness (QED) is 0.0320. The molecule has 0 saturated carbocycles. The second kappa shape index (κ2) is 82.8. The number of carbonyl (C=O) groups is 2. The van der Waals surface area contributed by atoms with Gasteiger partial charge >= 0.3 is 5.97 Å². The zero-order chi connectivity index (χ0) is 67.0. The van der Waals surface area contributed by atoms with E-state index >= 15 is 0 Å². The lowest BCUT2D eigenvalue weighted by atomic mass is 10.0. The Morgan fingerprint density at radius 1 is 0.290 bits per heavy atom. The lowest BCUT2D eigenvalue weighted by molar-refractivity contribution is -0.143. The molecule has 0 radical (unpaired) electrons. The van der Waals surface area contributed by atoms with Gasteiger partial charge in [-0.2, -0.15) is 0 Å². The lowest BCUT2D eigenvalue weighted by Gasteiger charge is -2.20. The van der Waals surface area contributed by atoms with Crippen LogP contribution in [0, 0.1) is 0 Å². The number of hydrogen-bond donors (Lipinski definition) is 3. The smallest absolute Gasteiger partial charge is 0.305 e. The van der Waals surface area contributed by atoms with Crippen LogP contribution >= 0.6 is 0 Å². The number of rotatable bonds is 82. The summed E-state index contributed by atoms with van der Waals surface area (Å²) in [6.07, 6.45) is 108. The van der Waals surface area contributed by atoms with Crippen molar-refractivity contribution in [3.05, 3.63) is 24.3 Å². The number of esters is 1. The minimum atomic E-state index is -0.843. The minimum absolute atomic E-state index is 0.0198. The molecule has 0 aromatic carbocycles. The number of unbranched alkanes of at least 4 members (excludes halogenated alkanes) is 69. The molecule has 93 heavy (non-hydrogen) atoms. The van der Waals surface area contributed by atoms with E-state index in [4.69, 9.17) is 4.74 Å². The molecule has 6 nitrogen and oxygen atoms in total. The molecule has 2 atom stereocenters. The number of allylic oxidation sites excluding steroid dienone is 3. The van der Waals surface area contributed by atoms with Gasteiger partial charge in [-0.25, -0.2) is 0 Å². The molecule has 0 aromatic heterocycles. The third-order valence-electron chi connectivity index (χ3n) is 20.5. The van der Waals surface area contributed by atoms with Gasteiger partial charge in [-0.05, 0) is 57.8 Å². The summed E-state index contributed by atoms with van der Waals surface area (Å²) in [5.74, 6) is -0.0374. The van der Waals surface area contributed by atoms with E-state index in [0.717, 1.165) is 38.5 Å². The van der Waals surface area contributed by atoms with Crippen LogP contribution < -0.4 is 5.32 Å². The molecule has 1 amide bonds. The van der Waals surface area contributed by atoms with Gasteiger partial charge in [0.1, 0.15) is 0 Å². The molecule has 0 aliphatic rings. The van der Waals surface area contributed by atoms with Gasteiger partial charge in [-0.3, -0.25) is 9.59 Å². The number of ether oxygens (including phenoxy) is 1. The zero-order valence-corrected chi connectivity index (χ0v) is 63.5. The molecule has 0 aliphatic heterocycles. The van der Waals surface area contributed by atoms with Gasteiger partial charge in [0.15, 0.2) is 0 Å². The SMILES string of the molecule is CCCCCCCCC/C=C\CCCCCCCCCC(=O)OCCCCCCCCCCCCCCCCCCCCCCCCCCCCCCCCCCCC(=O)NC(CO)C(O)/C=C/CCCCCCCCCCCCCCCCCCCCCCCCC. The van der Waals surface area contributed by atoms with E-state index in [9.17, 15) is 19.8 Å². The zero-order valence-electron chi connectivity index (χ0n) is 63.5. The highest BCUT2D eigenvalue weighted by molar-refractivity contribution is 5.76. The Bertz CT molecular complexity index is 1460. The molecule has 552 valence electrons. The number of nitrogens with one attached hydrogen (secondary N) is 1. The van der Waals surface area contributed by atoms with Crippen molar-refractivity contribution in [1.82, 2.24) is 5.32 Å². The Hall–Kier alpha value is -1.66. The van der Waals surface area contributed by atoms with E-state index < -0.39 is 12.1 Å². The Morgan fingerprint density at radius 2 is 0.505 bits per heavy atom. The van der Waals surface area contributed by atoms with Crippen LogP contribution in [-0.4, -0.2) is 47.4 Å². The molecule has 0 rings (SSSR count). The lowest BCUT2D eigenvalue weighted by Crippen LogP contribution is -2.45. The number of aliphatic hydroxyl groups is 2. The molecule has 0 bridgehead atoms. The highest BCUT2D eigenvalue weighted by atomic mass is 16.5. The molecule has 0 aliphatic carbocycles. The standard InChI is InChI=1S/C87H169NO5/c1-3-5-7-9-11-13-15-17-19-21-23-24-25-35-38-41-44-47-51-55-59-63-67-71-75-79-85(90)84(83-89)88-86(91)80-76-72-68-64-60-56-52-48-45-42-39-36-33-31-29-27-26-28-30-32-34-37-40-43-46-50-54-58-62-66-70-74-78-82-93-87(92)81-77-73-69-65-61-57-53-49-22-20-18-16-14-12-10-8-6-4-2/h20,22,75,79,84-85,89-90H,3-19,21,23-74,76-78,80-83H2,1-2H3,(H,88,91)/b22-20-,79-75+. The van der Waals surface area contributed by atoms with Crippen molar-refractivity contribution in [2.24, 2.45) is 0 Å². The van der Waals surface area contributed by atoms with E-state index in [1.807, 2.05) is 6.08 Å². The highest BCUT2D eigenvalue weighted by Gasteiger charge is 2.18. The average molecular weight is 1310 g/mol. The molecule has 3 N–H and O–H groups in total. The second-order valence-electron chi connectivity index (χ2n) is 29.9. The molecule has 0 heterocycles. The van der Waals surface area contributed by atoms with Crippen LogP contribution in [0.2, 0.25) is 0 Å². The van der Waals surface area contributed by atoms with E-state index in [1.54, 1.807) is 6.08 Å². The summed E-state index contributed by atoms with van der Waals surface area (Å²) in [6.45, 7) is 4.96. The minimum Gasteiger partial charge on any atom is -0.466 e. The number of aliphatic hydroxyl groups excluding tert-OH is 2. The summed E-state index contributed by atoms with van der Waals surface area (Å²) in [6, 6.07) is -0.626. The van der Waals surface area contributed by atoms with Crippen molar-refractivity contribution < 1.29 is 24.5 Å². The van der Waals surface area contributed by atoms with Crippen molar-refractivity contribution in [3.8, 4) is 0 Å². The maximum atomic E-state index is 12.6. The first-order valence-corrected chi connectivity index (χ1v) is 43.1. The second-order valence-corrected chi connectivity index (χ2v) is 29.9. The molecule has 2 unspecified atom stereocenters. The molecular formula is C87H169NO5. The molecule has 0 fully saturated rings. The van der Waals surface area contributed by atoms with E-state index in [-0.39, 0.29) is 18.5 Å². The van der Waals surface area contributed by atoms with Gasteiger partial charge in [0.2, 0.25) is 5.91 Å². The van der Waals surface area contributed by atoms with Crippen LogP contribution in [0.15, 0.2) is 24.3 Å². The number of amides is 1. The van der Waals surface area contributed by atoms with Gasteiger partial charge in [-0.1, -0.05) is 449 Å². The molecule has 0 saturated heterocycles. The van der Waals surface area contributed by atoms with Crippen molar-refractivity contribution in [3.63, 3.8) is 0 Å². The third-order valence-corrected chi connectivity index (χ3v) is 20.5. The number of carbonyl (C=O) groups excluding carboxylic acids is 2. The summed E-state index contributed by atoms with van der Waals surface area (Å²) in [5.41, 5.74) is 0. The molecule has 0 aromatic rings. The maximum Gasteiger partial charge on any atom is 0.305 e. The van der Waals surface area contributed by atoms with E-state index in [2.05, 4.69) is 31.3 Å². The summed E-state index contributed by atoms with van der Waals surface area (Å²) in [4.78, 5) is 24.7. The van der Waals surface area contributed by atoms with Crippen LogP contribution in [0.25, 0.3) is 0 Å². The fraction of sp³-hybridized carbons (Fsp3) is 0.931. The van der Waals surface area contributed by atoms with Gasteiger partial charge < -0.3 is 20.3 Å². The first kappa shape index (κ1) is 91.3. The maximum absolute atomic E-state index is 12.6. The predicted octanol–water partition coefficient (Wildman–Crippen LogP) is 28.8. The van der Waals surface area contributed by atoms with Crippen LogP contribution in [0.3, 0.4) is 0 Å². The first-order valence-electron chi connectivity index (χ1n) is 43.1. The topological polar surface area (TPSA) is 95.9 Å². The van der Waals surface area contributed by atoms with Crippen LogP contribution in [0.1, 0.15) is 495 Å². The summed E-state index contributed by atoms with van der Waals surface area (Å²) < 4.78 is 5.52. The molecular weight excluding hydrogens is 1140 g/mol. The van der Waals surface area contributed by atoms with E-state index in [1.165, 1.54) is 430 Å². The largest absolute Gasteiger partial charge is 0.466 e. The van der Waals surface area contributed by atoms with Crippen molar-refractivity contribution in [2.45, 2.75) is 508 Å². The van der Waals surface area contributed by atoms with Crippen molar-refractivity contribution >= 4 is 11.9 Å². The molecule has 6 heteroatoms. The third kappa shape index (κ3) is 79.2. The fourth-order valence-corrected chi connectivity index (χ4v) is 13.9. The summed E-state index contributed by atoms with van der Waals surface area (Å²) in [5, 5.41) is 23.3. The van der Waals surface area contributed by atoms with Gasteiger partial charge in [-0.15, -0.1) is 0 Å². The van der Waals surface area contributed by atoms with Crippen LogP contribution in [0.4, 0.5) is 0 Å². The Kier molecular flexibility index (Phi) is 81.3. The normalized spacial score (nSPS) is 12.5. The summed E-state index contributed by atoms with van der Waals surface area (Å²) in [7, 11) is 0. The first-order chi connectivity index (χ1) is 46.0. The predicted molar refractivity (Wildman–Crippen MR) is 412 cm³/mol.